The van der Waals surface area contributed by atoms with E-state index in [0.29, 0.717) is 12.2 Å². The molecule has 1 unspecified atom stereocenters. The molecule has 0 radical (unpaired) electrons. The number of carbonyl (C=O) groups excluding carboxylic acids is 1. The molecule has 4 aromatic rings. The first-order valence-corrected chi connectivity index (χ1v) is 14.1. The number of piperazine rings is 1. The van der Waals surface area contributed by atoms with Crippen molar-refractivity contribution in [1.29, 1.82) is 0 Å². The summed E-state index contributed by atoms with van der Waals surface area (Å²) >= 11 is 6.35. The van der Waals surface area contributed by atoms with Crippen LogP contribution in [0.1, 0.15) is 27.2 Å². The molecule has 5 rings (SSSR count). The van der Waals surface area contributed by atoms with Crippen molar-refractivity contribution in [2.24, 2.45) is 0 Å². The molecule has 0 spiro atoms. The second kappa shape index (κ2) is 12.3. The van der Waals surface area contributed by atoms with Gasteiger partial charge in [0.1, 0.15) is 5.69 Å². The summed E-state index contributed by atoms with van der Waals surface area (Å²) in [5.74, 6) is -0.219. The number of aryl methyl sites for hydroxylation is 2. The van der Waals surface area contributed by atoms with Gasteiger partial charge in [-0.3, -0.25) is 9.69 Å². The average molecular weight is 558 g/mol. The predicted octanol–water partition coefficient (Wildman–Crippen LogP) is 5.49. The molecular weight excluding hydrogens is 522 g/mol. The highest BCUT2D eigenvalue weighted by molar-refractivity contribution is 6.31. The SMILES string of the molecule is Cc1cc(C)c(N(CC(O)CN2CCN(c3cccc(Cl)c3C)CC2)C(=O)c2cnc[nH]2)cc1-c1ccccc1. The minimum Gasteiger partial charge on any atom is -0.390 e. The third-order valence-corrected chi connectivity index (χ3v) is 8.12. The maximum atomic E-state index is 13.7. The number of H-pyrrole nitrogens is 1. The van der Waals surface area contributed by atoms with E-state index in [9.17, 15) is 9.90 Å². The van der Waals surface area contributed by atoms with Crippen LogP contribution in [0.25, 0.3) is 11.1 Å². The summed E-state index contributed by atoms with van der Waals surface area (Å²) in [6, 6.07) is 20.3. The van der Waals surface area contributed by atoms with Crippen LogP contribution in [-0.4, -0.2) is 71.3 Å². The van der Waals surface area contributed by atoms with E-state index in [1.54, 1.807) is 4.90 Å². The highest BCUT2D eigenvalue weighted by Gasteiger charge is 2.27. The molecule has 208 valence electrons. The quantitative estimate of drug-likeness (QED) is 0.300. The lowest BCUT2D eigenvalue weighted by Crippen LogP contribution is -2.50. The van der Waals surface area contributed by atoms with E-state index in [2.05, 4.69) is 63.9 Å². The van der Waals surface area contributed by atoms with Crippen LogP contribution in [0.2, 0.25) is 5.02 Å². The molecule has 0 aliphatic carbocycles. The van der Waals surface area contributed by atoms with Crippen molar-refractivity contribution in [3.63, 3.8) is 0 Å². The molecule has 0 saturated carbocycles. The number of nitrogens with zero attached hydrogens (tertiary/aromatic N) is 4. The lowest BCUT2D eigenvalue weighted by atomic mass is 9.96. The topological polar surface area (TPSA) is 75.7 Å². The van der Waals surface area contributed by atoms with E-state index < -0.39 is 6.10 Å². The highest BCUT2D eigenvalue weighted by Crippen LogP contribution is 2.32. The average Bonchev–Trinajstić information content (AvgIpc) is 3.50. The molecule has 7 nitrogen and oxygen atoms in total. The van der Waals surface area contributed by atoms with E-state index in [1.165, 1.54) is 12.5 Å². The monoisotopic (exact) mass is 557 g/mol. The first-order chi connectivity index (χ1) is 19.3. The molecule has 2 N–H and O–H groups in total. The molecule has 1 aromatic heterocycles. The number of halogens is 1. The lowest BCUT2D eigenvalue weighted by Gasteiger charge is -2.38. The minimum atomic E-state index is -0.729. The van der Waals surface area contributed by atoms with Gasteiger partial charge in [-0.1, -0.05) is 54.1 Å². The molecular formula is C32H36ClN5O2. The van der Waals surface area contributed by atoms with E-state index in [4.69, 9.17) is 11.6 Å². The summed E-state index contributed by atoms with van der Waals surface area (Å²) < 4.78 is 0. The van der Waals surface area contributed by atoms with Gasteiger partial charge in [-0.2, -0.15) is 0 Å². The first kappa shape index (κ1) is 27.9. The maximum Gasteiger partial charge on any atom is 0.276 e. The van der Waals surface area contributed by atoms with Crippen LogP contribution < -0.4 is 9.80 Å². The number of aromatic amines is 1. The van der Waals surface area contributed by atoms with E-state index in [-0.39, 0.29) is 12.5 Å². The van der Waals surface area contributed by atoms with Gasteiger partial charge in [0.25, 0.3) is 5.91 Å². The largest absolute Gasteiger partial charge is 0.390 e. The summed E-state index contributed by atoms with van der Waals surface area (Å²) in [6.45, 7) is 10.1. The Hall–Kier alpha value is -3.65. The lowest BCUT2D eigenvalue weighted by molar-refractivity contribution is 0.0908. The fourth-order valence-corrected chi connectivity index (χ4v) is 5.72. The van der Waals surface area contributed by atoms with Crippen LogP contribution >= 0.6 is 11.6 Å². The normalized spacial score (nSPS) is 14.8. The number of benzene rings is 3. The number of β-amino-alcohol motifs (C(OH)–C–C–N with tert-alkyl or cyclic N) is 1. The minimum absolute atomic E-state index is 0.170. The van der Waals surface area contributed by atoms with Gasteiger partial charge in [0, 0.05) is 49.1 Å². The molecule has 1 amide bonds. The Balaban J connectivity index is 1.33. The number of amides is 1. The fourth-order valence-electron chi connectivity index (χ4n) is 5.55. The number of hydrogen-bond donors (Lipinski definition) is 2. The number of carbonyl (C=O) groups is 1. The van der Waals surface area contributed by atoms with Crippen molar-refractivity contribution < 1.29 is 9.90 Å². The number of nitrogens with one attached hydrogen (secondary N) is 1. The number of aromatic nitrogens is 2. The maximum absolute atomic E-state index is 13.7. The van der Waals surface area contributed by atoms with Crippen LogP contribution in [0.5, 0.6) is 0 Å². The van der Waals surface area contributed by atoms with E-state index in [0.717, 1.165) is 70.4 Å². The number of rotatable bonds is 8. The highest BCUT2D eigenvalue weighted by atomic mass is 35.5. The molecule has 1 atom stereocenters. The third-order valence-electron chi connectivity index (χ3n) is 7.71. The van der Waals surface area contributed by atoms with Crippen molar-refractivity contribution in [2.75, 3.05) is 49.1 Å². The van der Waals surface area contributed by atoms with Gasteiger partial charge in [-0.25, -0.2) is 4.98 Å². The molecule has 1 saturated heterocycles. The van der Waals surface area contributed by atoms with Gasteiger partial charge >= 0.3 is 0 Å². The Morgan fingerprint density at radius 3 is 2.48 bits per heavy atom. The smallest absolute Gasteiger partial charge is 0.276 e. The summed E-state index contributed by atoms with van der Waals surface area (Å²) in [5.41, 5.74) is 7.68. The second-order valence-electron chi connectivity index (χ2n) is 10.5. The number of aliphatic hydroxyl groups is 1. The number of hydrogen-bond acceptors (Lipinski definition) is 5. The molecule has 1 aliphatic rings. The standard InChI is InChI=1S/C32H36ClN5O2/c1-22-16-23(2)31(17-27(22)25-8-5-4-6-9-25)38(32(40)29-18-34-21-35-29)20-26(39)19-36-12-14-37(15-13-36)30-11-7-10-28(33)24(30)3/h4-11,16-18,21,26,39H,12-15,19-20H2,1-3H3,(H,34,35). The Labute approximate surface area is 241 Å². The molecule has 0 bridgehead atoms. The second-order valence-corrected chi connectivity index (χ2v) is 10.9. The zero-order chi connectivity index (χ0) is 28.2. The predicted molar refractivity (Wildman–Crippen MR) is 162 cm³/mol. The van der Waals surface area contributed by atoms with Gasteiger partial charge in [-0.05, 0) is 66.8 Å². The van der Waals surface area contributed by atoms with Crippen molar-refractivity contribution in [1.82, 2.24) is 14.9 Å². The van der Waals surface area contributed by atoms with Crippen LogP contribution in [-0.2, 0) is 0 Å². The summed E-state index contributed by atoms with van der Waals surface area (Å²) in [7, 11) is 0. The third kappa shape index (κ3) is 6.07. The first-order valence-electron chi connectivity index (χ1n) is 13.7. The van der Waals surface area contributed by atoms with E-state index >= 15 is 0 Å². The zero-order valence-corrected chi connectivity index (χ0v) is 24.0. The van der Waals surface area contributed by atoms with Crippen molar-refractivity contribution in [3.05, 3.63) is 101 Å². The number of imidazole rings is 1. The van der Waals surface area contributed by atoms with Crippen molar-refractivity contribution in [2.45, 2.75) is 26.9 Å². The molecule has 8 heteroatoms. The van der Waals surface area contributed by atoms with Crippen LogP contribution in [0.3, 0.4) is 0 Å². The Bertz CT molecular complexity index is 1450. The molecule has 3 aromatic carbocycles. The molecule has 1 aliphatic heterocycles. The van der Waals surface area contributed by atoms with Crippen LogP contribution in [0.15, 0.2) is 73.2 Å². The zero-order valence-electron chi connectivity index (χ0n) is 23.3. The van der Waals surface area contributed by atoms with Crippen molar-refractivity contribution >= 4 is 28.9 Å². The van der Waals surface area contributed by atoms with Crippen LogP contribution in [0.4, 0.5) is 11.4 Å². The van der Waals surface area contributed by atoms with E-state index in [1.807, 2.05) is 37.3 Å². The Morgan fingerprint density at radius 2 is 1.77 bits per heavy atom. The summed E-state index contributed by atoms with van der Waals surface area (Å²) in [4.78, 5) is 27.0. The molecule has 40 heavy (non-hydrogen) atoms. The van der Waals surface area contributed by atoms with Gasteiger partial charge in [0.05, 0.1) is 25.2 Å². The summed E-state index contributed by atoms with van der Waals surface area (Å²) in [6.07, 6.45) is 2.30. The van der Waals surface area contributed by atoms with Crippen molar-refractivity contribution in [3.8, 4) is 11.1 Å². The molecule has 2 heterocycles. The Morgan fingerprint density at radius 1 is 1.02 bits per heavy atom. The van der Waals surface area contributed by atoms with Gasteiger partial charge in [-0.15, -0.1) is 0 Å². The Kier molecular flexibility index (Phi) is 8.54. The van der Waals surface area contributed by atoms with Crippen LogP contribution in [0, 0.1) is 20.8 Å². The number of anilines is 2. The van der Waals surface area contributed by atoms with Gasteiger partial charge in [0.15, 0.2) is 0 Å². The fraction of sp³-hybridized carbons (Fsp3) is 0.312. The summed E-state index contributed by atoms with van der Waals surface area (Å²) in [5, 5.41) is 12.1. The van der Waals surface area contributed by atoms with Gasteiger partial charge in [0.2, 0.25) is 0 Å². The molecule has 1 fully saturated rings. The van der Waals surface area contributed by atoms with Gasteiger partial charge < -0.3 is 19.9 Å². The number of aliphatic hydroxyl groups excluding tert-OH is 1.